The van der Waals surface area contributed by atoms with Crippen molar-refractivity contribution in [1.82, 2.24) is 0 Å². The summed E-state index contributed by atoms with van der Waals surface area (Å²) >= 11 is 0. The molecule has 5 aromatic rings. The molecule has 0 fully saturated rings. The summed E-state index contributed by atoms with van der Waals surface area (Å²) < 4.78 is 31.2. The molecule has 0 amide bonds. The first-order valence-corrected chi connectivity index (χ1v) is 12.2. The summed E-state index contributed by atoms with van der Waals surface area (Å²) in [6.07, 6.45) is 0. The predicted molar refractivity (Wildman–Crippen MR) is 138 cm³/mol. The van der Waals surface area contributed by atoms with E-state index in [0.717, 1.165) is 28.1 Å². The van der Waals surface area contributed by atoms with E-state index in [1.165, 1.54) is 0 Å². The maximum atomic E-state index is 12.9. The number of benzene rings is 5. The first-order chi connectivity index (χ1) is 16.6. The van der Waals surface area contributed by atoms with Crippen molar-refractivity contribution in [3.8, 4) is 5.75 Å². The minimum absolute atomic E-state index is 0.150. The maximum Gasteiger partial charge on any atom is 0.339 e. The van der Waals surface area contributed by atoms with Crippen molar-refractivity contribution in [3.63, 3.8) is 0 Å². The number of anilines is 4. The molecule has 34 heavy (non-hydrogen) atoms. The van der Waals surface area contributed by atoms with Gasteiger partial charge in [-0.1, -0.05) is 54.6 Å². The molecule has 5 nitrogen and oxygen atoms in total. The fourth-order valence-electron chi connectivity index (χ4n) is 3.67. The van der Waals surface area contributed by atoms with Crippen molar-refractivity contribution >= 4 is 43.6 Å². The Bertz CT molecular complexity index is 1510. The van der Waals surface area contributed by atoms with Crippen molar-refractivity contribution in [1.29, 1.82) is 0 Å². The summed E-state index contributed by atoms with van der Waals surface area (Å²) in [7, 11) is -3.97. The number of hydrogen-bond acceptors (Lipinski definition) is 5. The van der Waals surface area contributed by atoms with Gasteiger partial charge in [0.25, 0.3) is 0 Å². The molecule has 0 aliphatic heterocycles. The molecule has 0 radical (unpaired) electrons. The van der Waals surface area contributed by atoms with Crippen LogP contribution in [0.1, 0.15) is 0 Å². The Balaban J connectivity index is 1.26. The van der Waals surface area contributed by atoms with Crippen molar-refractivity contribution in [2.24, 2.45) is 0 Å². The Labute approximate surface area is 198 Å². The molecule has 0 heterocycles. The van der Waals surface area contributed by atoms with Gasteiger partial charge < -0.3 is 14.8 Å². The maximum absolute atomic E-state index is 12.9. The normalized spacial score (nSPS) is 11.2. The largest absolute Gasteiger partial charge is 0.379 e. The molecule has 168 valence electrons. The van der Waals surface area contributed by atoms with Gasteiger partial charge in [-0.15, -0.1) is 0 Å². The quantitative estimate of drug-likeness (QED) is 0.251. The molecule has 5 aromatic carbocycles. The number of hydrogen-bond donors (Lipinski definition) is 2. The molecule has 0 atom stereocenters. The van der Waals surface area contributed by atoms with E-state index in [1.54, 1.807) is 42.5 Å². The second-order valence-corrected chi connectivity index (χ2v) is 9.25. The van der Waals surface area contributed by atoms with E-state index in [2.05, 4.69) is 10.6 Å². The standard InChI is InChI=1S/C28H22N2O3S/c31-34(32,28-12-6-8-21-7-4-5-11-27(21)28)33-26-19-17-25(18-20-26)30-24-15-13-23(14-16-24)29-22-9-2-1-3-10-22/h1-20,29-30H. The van der Waals surface area contributed by atoms with Crippen LogP contribution < -0.4 is 14.8 Å². The van der Waals surface area contributed by atoms with Crippen LogP contribution in [0.25, 0.3) is 10.8 Å². The van der Waals surface area contributed by atoms with Gasteiger partial charge in [-0.2, -0.15) is 8.42 Å². The zero-order valence-electron chi connectivity index (χ0n) is 18.2. The first-order valence-electron chi connectivity index (χ1n) is 10.8. The smallest absolute Gasteiger partial charge is 0.339 e. The van der Waals surface area contributed by atoms with Crippen molar-refractivity contribution in [3.05, 3.63) is 121 Å². The average molecular weight is 467 g/mol. The van der Waals surface area contributed by atoms with E-state index < -0.39 is 10.1 Å². The molecule has 0 aromatic heterocycles. The molecule has 0 saturated carbocycles. The lowest BCUT2D eigenvalue weighted by Gasteiger charge is -2.11. The van der Waals surface area contributed by atoms with Gasteiger partial charge in [0, 0.05) is 28.1 Å². The molecule has 0 aliphatic rings. The molecular weight excluding hydrogens is 444 g/mol. The summed E-state index contributed by atoms with van der Waals surface area (Å²) in [6, 6.07) is 37.2. The van der Waals surface area contributed by atoms with Crippen LogP contribution in [0.5, 0.6) is 5.75 Å². The van der Waals surface area contributed by atoms with Gasteiger partial charge in [0.2, 0.25) is 0 Å². The second-order valence-electron chi connectivity index (χ2n) is 7.73. The van der Waals surface area contributed by atoms with E-state index >= 15 is 0 Å². The molecular formula is C28H22N2O3S. The minimum atomic E-state index is -3.97. The van der Waals surface area contributed by atoms with Crippen LogP contribution in [0.4, 0.5) is 22.7 Å². The molecule has 5 rings (SSSR count). The molecule has 2 N–H and O–H groups in total. The Morgan fingerprint density at radius 1 is 0.500 bits per heavy atom. The van der Waals surface area contributed by atoms with E-state index in [9.17, 15) is 8.42 Å². The van der Waals surface area contributed by atoms with E-state index in [0.29, 0.717) is 5.39 Å². The second kappa shape index (κ2) is 9.29. The zero-order valence-corrected chi connectivity index (χ0v) is 19.0. The van der Waals surface area contributed by atoms with Crippen LogP contribution in [0, 0.1) is 0 Å². The molecule has 0 spiro atoms. The third-order valence-corrected chi connectivity index (χ3v) is 6.62. The summed E-state index contributed by atoms with van der Waals surface area (Å²) in [6.45, 7) is 0. The van der Waals surface area contributed by atoms with Crippen LogP contribution in [-0.2, 0) is 10.1 Å². The molecule has 0 saturated heterocycles. The van der Waals surface area contributed by atoms with Crippen LogP contribution in [0.3, 0.4) is 0 Å². The van der Waals surface area contributed by atoms with Crippen molar-refractivity contribution in [2.45, 2.75) is 4.90 Å². The molecule has 6 heteroatoms. The number of para-hydroxylation sites is 1. The fraction of sp³-hybridized carbons (Fsp3) is 0. The first kappa shape index (κ1) is 21.6. The Morgan fingerprint density at radius 3 is 1.65 bits per heavy atom. The third-order valence-electron chi connectivity index (χ3n) is 5.32. The number of fused-ring (bicyclic) bond motifs is 1. The van der Waals surface area contributed by atoms with Crippen LogP contribution in [0.2, 0.25) is 0 Å². The van der Waals surface area contributed by atoms with E-state index in [-0.39, 0.29) is 10.6 Å². The highest BCUT2D eigenvalue weighted by Crippen LogP contribution is 2.28. The lowest BCUT2D eigenvalue weighted by Crippen LogP contribution is -2.10. The van der Waals surface area contributed by atoms with Gasteiger partial charge in [0.15, 0.2) is 0 Å². The number of nitrogens with one attached hydrogen (secondary N) is 2. The lowest BCUT2D eigenvalue weighted by atomic mass is 10.1. The van der Waals surface area contributed by atoms with Crippen LogP contribution in [-0.4, -0.2) is 8.42 Å². The lowest BCUT2D eigenvalue weighted by molar-refractivity contribution is 0.487. The molecule has 0 unspecified atom stereocenters. The summed E-state index contributed by atoms with van der Waals surface area (Å²) in [5.41, 5.74) is 3.74. The predicted octanol–water partition coefficient (Wildman–Crippen LogP) is 7.09. The molecule has 0 bridgehead atoms. The highest BCUT2D eigenvalue weighted by Gasteiger charge is 2.19. The van der Waals surface area contributed by atoms with Crippen molar-refractivity contribution in [2.75, 3.05) is 10.6 Å². The van der Waals surface area contributed by atoms with Gasteiger partial charge in [-0.3, -0.25) is 0 Å². The van der Waals surface area contributed by atoms with E-state index in [1.807, 2.05) is 78.9 Å². The summed E-state index contributed by atoms with van der Waals surface area (Å²) in [5, 5.41) is 8.13. The Hall–Kier alpha value is -4.29. The highest BCUT2D eigenvalue weighted by molar-refractivity contribution is 7.87. The van der Waals surface area contributed by atoms with Crippen LogP contribution >= 0.6 is 0 Å². The summed E-state index contributed by atoms with van der Waals surface area (Å²) in [5.74, 6) is 0.251. The van der Waals surface area contributed by atoms with Gasteiger partial charge >= 0.3 is 10.1 Å². The minimum Gasteiger partial charge on any atom is -0.379 e. The molecule has 0 aliphatic carbocycles. The van der Waals surface area contributed by atoms with E-state index in [4.69, 9.17) is 4.18 Å². The fourth-order valence-corrected chi connectivity index (χ4v) is 4.83. The zero-order chi connectivity index (χ0) is 23.4. The number of rotatable bonds is 7. The van der Waals surface area contributed by atoms with Gasteiger partial charge in [-0.25, -0.2) is 0 Å². The average Bonchev–Trinajstić information content (AvgIpc) is 2.86. The SMILES string of the molecule is O=S(=O)(Oc1ccc(Nc2ccc(Nc3ccccc3)cc2)cc1)c1cccc2ccccc12. The van der Waals surface area contributed by atoms with Crippen LogP contribution in [0.15, 0.2) is 126 Å². The monoisotopic (exact) mass is 466 g/mol. The van der Waals surface area contributed by atoms with Gasteiger partial charge in [0.1, 0.15) is 10.6 Å². The Kier molecular flexibility index (Phi) is 5.89. The van der Waals surface area contributed by atoms with Gasteiger partial charge in [-0.05, 0) is 72.1 Å². The topological polar surface area (TPSA) is 67.4 Å². The highest BCUT2D eigenvalue weighted by atomic mass is 32.2. The van der Waals surface area contributed by atoms with Crippen molar-refractivity contribution < 1.29 is 12.6 Å². The summed E-state index contributed by atoms with van der Waals surface area (Å²) in [4.78, 5) is 0.150. The van der Waals surface area contributed by atoms with Gasteiger partial charge in [0.05, 0.1) is 0 Å². The Morgan fingerprint density at radius 2 is 1.00 bits per heavy atom. The third kappa shape index (κ3) is 4.87.